The van der Waals surface area contributed by atoms with Crippen molar-refractivity contribution in [3.8, 4) is 5.75 Å². The minimum Gasteiger partial charge on any atom is -0.496 e. The van der Waals surface area contributed by atoms with Crippen LogP contribution in [0.15, 0.2) is 12.1 Å². The lowest BCUT2D eigenvalue weighted by atomic mass is 10.0. The summed E-state index contributed by atoms with van der Waals surface area (Å²) in [5.74, 6) is 0.916. The van der Waals surface area contributed by atoms with Gasteiger partial charge in [0.2, 0.25) is 6.41 Å². The molecule has 0 fully saturated rings. The van der Waals surface area contributed by atoms with E-state index in [9.17, 15) is 4.79 Å². The fraction of sp³-hybridized carbons (Fsp3) is 0.417. The predicted octanol–water partition coefficient (Wildman–Crippen LogP) is 1.60. The second-order valence-corrected chi connectivity index (χ2v) is 3.57. The summed E-state index contributed by atoms with van der Waals surface area (Å²) < 4.78 is 5.23. The highest BCUT2D eigenvalue weighted by Crippen LogP contribution is 2.22. The highest BCUT2D eigenvalue weighted by molar-refractivity contribution is 5.46. The van der Waals surface area contributed by atoms with E-state index in [4.69, 9.17) is 4.74 Å². The molecule has 3 heteroatoms. The Morgan fingerprint density at radius 2 is 2.07 bits per heavy atom. The van der Waals surface area contributed by atoms with Gasteiger partial charge in [0.1, 0.15) is 5.75 Å². The Morgan fingerprint density at radius 3 is 2.67 bits per heavy atom. The van der Waals surface area contributed by atoms with Gasteiger partial charge in [0, 0.05) is 6.54 Å². The van der Waals surface area contributed by atoms with E-state index >= 15 is 0 Å². The lowest BCUT2D eigenvalue weighted by Crippen LogP contribution is -2.14. The zero-order valence-electron chi connectivity index (χ0n) is 9.46. The van der Waals surface area contributed by atoms with E-state index in [1.807, 2.05) is 13.0 Å². The average molecular weight is 207 g/mol. The molecule has 0 aliphatic heterocycles. The van der Waals surface area contributed by atoms with Crippen LogP contribution in [0.3, 0.4) is 0 Å². The molecule has 1 aromatic carbocycles. The first-order valence-electron chi connectivity index (χ1n) is 5.00. The van der Waals surface area contributed by atoms with Crippen molar-refractivity contribution in [1.82, 2.24) is 5.32 Å². The van der Waals surface area contributed by atoms with Crippen molar-refractivity contribution in [3.63, 3.8) is 0 Å². The molecule has 1 N–H and O–H groups in total. The van der Waals surface area contributed by atoms with Gasteiger partial charge in [0.15, 0.2) is 0 Å². The number of carbonyl (C=O) groups excluding carboxylic acids is 1. The van der Waals surface area contributed by atoms with Gasteiger partial charge in [0.05, 0.1) is 7.11 Å². The van der Waals surface area contributed by atoms with E-state index in [2.05, 4.69) is 18.3 Å². The minimum absolute atomic E-state index is 0.677. The third kappa shape index (κ3) is 2.98. The highest BCUT2D eigenvalue weighted by Gasteiger charge is 2.04. The van der Waals surface area contributed by atoms with Gasteiger partial charge in [0.25, 0.3) is 0 Å². The van der Waals surface area contributed by atoms with Gasteiger partial charge in [-0.05, 0) is 43.0 Å². The smallest absolute Gasteiger partial charge is 0.207 e. The van der Waals surface area contributed by atoms with Crippen LogP contribution in [0.1, 0.15) is 16.7 Å². The Bertz CT molecular complexity index is 348. The second-order valence-electron chi connectivity index (χ2n) is 3.57. The van der Waals surface area contributed by atoms with Crippen LogP contribution in [-0.4, -0.2) is 20.1 Å². The van der Waals surface area contributed by atoms with Crippen LogP contribution in [0, 0.1) is 13.8 Å². The molecule has 1 rings (SSSR count). The largest absolute Gasteiger partial charge is 0.496 e. The summed E-state index contributed by atoms with van der Waals surface area (Å²) in [6.07, 6.45) is 1.58. The molecular formula is C12H17NO2. The zero-order valence-corrected chi connectivity index (χ0v) is 9.46. The van der Waals surface area contributed by atoms with Crippen molar-refractivity contribution >= 4 is 6.41 Å². The Balaban J connectivity index is 2.80. The highest BCUT2D eigenvalue weighted by atomic mass is 16.5. The molecule has 1 aromatic rings. The Morgan fingerprint density at radius 1 is 1.33 bits per heavy atom. The lowest BCUT2D eigenvalue weighted by Gasteiger charge is -2.10. The second kappa shape index (κ2) is 5.39. The molecule has 0 spiro atoms. The number of hydrogen-bond acceptors (Lipinski definition) is 2. The number of hydrogen-bond donors (Lipinski definition) is 1. The number of ether oxygens (including phenoxy) is 1. The molecule has 0 saturated carbocycles. The van der Waals surface area contributed by atoms with E-state index in [1.54, 1.807) is 7.11 Å². The summed E-state index contributed by atoms with van der Waals surface area (Å²) in [4.78, 5) is 10.1. The van der Waals surface area contributed by atoms with Gasteiger partial charge in [-0.15, -0.1) is 0 Å². The third-order valence-electron chi connectivity index (χ3n) is 2.48. The van der Waals surface area contributed by atoms with Crippen molar-refractivity contribution < 1.29 is 9.53 Å². The molecule has 82 valence electrons. The first kappa shape index (κ1) is 11.6. The predicted molar refractivity (Wildman–Crippen MR) is 60.2 cm³/mol. The van der Waals surface area contributed by atoms with E-state index in [-0.39, 0.29) is 0 Å². The minimum atomic E-state index is 0.677. The topological polar surface area (TPSA) is 38.3 Å². The maximum Gasteiger partial charge on any atom is 0.207 e. The quantitative estimate of drug-likeness (QED) is 0.588. The maximum atomic E-state index is 10.1. The standard InChI is InChI=1S/C12H17NO2/c1-9-7-12(15-3)10(2)6-11(9)4-5-13-8-14/h6-8H,4-5H2,1-3H3,(H,13,14). The Kier molecular flexibility index (Phi) is 4.16. The normalized spacial score (nSPS) is 9.80. The van der Waals surface area contributed by atoms with E-state index < -0.39 is 0 Å². The molecule has 0 unspecified atom stereocenters. The molecule has 15 heavy (non-hydrogen) atoms. The van der Waals surface area contributed by atoms with Crippen molar-refractivity contribution in [2.45, 2.75) is 20.3 Å². The van der Waals surface area contributed by atoms with Gasteiger partial charge in [-0.3, -0.25) is 4.79 Å². The Hall–Kier alpha value is -1.51. The molecule has 0 aliphatic rings. The molecule has 0 bridgehead atoms. The molecule has 1 amide bonds. The van der Waals surface area contributed by atoms with E-state index in [0.29, 0.717) is 6.54 Å². The monoisotopic (exact) mass is 207 g/mol. The summed E-state index contributed by atoms with van der Waals surface area (Å²) in [6.45, 7) is 4.75. The van der Waals surface area contributed by atoms with Crippen LogP contribution in [0.4, 0.5) is 0 Å². The van der Waals surface area contributed by atoms with Gasteiger partial charge in [-0.2, -0.15) is 0 Å². The fourth-order valence-corrected chi connectivity index (χ4v) is 1.60. The molecule has 0 atom stereocenters. The first-order valence-corrected chi connectivity index (χ1v) is 5.00. The third-order valence-corrected chi connectivity index (χ3v) is 2.48. The lowest BCUT2D eigenvalue weighted by molar-refractivity contribution is -0.109. The SMILES string of the molecule is COc1cc(C)c(CCNC=O)cc1C. The number of rotatable bonds is 5. The van der Waals surface area contributed by atoms with Crippen LogP contribution in [0.25, 0.3) is 0 Å². The van der Waals surface area contributed by atoms with Crippen molar-refractivity contribution in [3.05, 3.63) is 28.8 Å². The van der Waals surface area contributed by atoms with Crippen LogP contribution in [0.5, 0.6) is 5.75 Å². The summed E-state index contributed by atoms with van der Waals surface area (Å²) in [5, 5.41) is 2.66. The van der Waals surface area contributed by atoms with Crippen LogP contribution in [0.2, 0.25) is 0 Å². The van der Waals surface area contributed by atoms with E-state index in [0.717, 1.165) is 24.1 Å². The molecular weight excluding hydrogens is 190 g/mol. The molecule has 0 aliphatic carbocycles. The van der Waals surface area contributed by atoms with E-state index in [1.165, 1.54) is 11.1 Å². The van der Waals surface area contributed by atoms with Gasteiger partial charge >= 0.3 is 0 Å². The van der Waals surface area contributed by atoms with Crippen molar-refractivity contribution in [2.24, 2.45) is 0 Å². The van der Waals surface area contributed by atoms with Gasteiger partial charge < -0.3 is 10.1 Å². The number of aryl methyl sites for hydroxylation is 2. The Labute approximate surface area is 90.4 Å². The number of nitrogens with one attached hydrogen (secondary N) is 1. The number of carbonyl (C=O) groups is 1. The summed E-state index contributed by atoms with van der Waals surface area (Å²) in [6, 6.07) is 4.15. The summed E-state index contributed by atoms with van der Waals surface area (Å²) in [7, 11) is 1.68. The van der Waals surface area contributed by atoms with Crippen molar-refractivity contribution in [2.75, 3.05) is 13.7 Å². The molecule has 0 aromatic heterocycles. The molecule has 0 saturated heterocycles. The van der Waals surface area contributed by atoms with Crippen LogP contribution in [-0.2, 0) is 11.2 Å². The number of amides is 1. The fourth-order valence-electron chi connectivity index (χ4n) is 1.60. The molecule has 3 nitrogen and oxygen atoms in total. The maximum absolute atomic E-state index is 10.1. The van der Waals surface area contributed by atoms with Gasteiger partial charge in [-0.25, -0.2) is 0 Å². The van der Waals surface area contributed by atoms with Crippen LogP contribution < -0.4 is 10.1 Å². The molecule has 0 heterocycles. The van der Waals surface area contributed by atoms with Crippen molar-refractivity contribution in [1.29, 1.82) is 0 Å². The average Bonchev–Trinajstić information content (AvgIpc) is 2.23. The number of methoxy groups -OCH3 is 1. The summed E-state index contributed by atoms with van der Waals surface area (Å²) >= 11 is 0. The van der Waals surface area contributed by atoms with Crippen LogP contribution >= 0.6 is 0 Å². The zero-order chi connectivity index (χ0) is 11.3. The number of benzene rings is 1. The summed E-state index contributed by atoms with van der Waals surface area (Å²) in [5.41, 5.74) is 3.58. The van der Waals surface area contributed by atoms with Gasteiger partial charge in [-0.1, -0.05) is 6.07 Å². The first-order chi connectivity index (χ1) is 7.19. The molecule has 0 radical (unpaired) electrons.